The van der Waals surface area contributed by atoms with Crippen LogP contribution in [0.15, 0.2) is 48.5 Å². The molecule has 93 heavy (non-hydrogen) atoms. The van der Waals surface area contributed by atoms with Crippen LogP contribution in [0.2, 0.25) is 0 Å². The quantitative estimate of drug-likeness (QED) is 0.0466. The van der Waals surface area contributed by atoms with Crippen LogP contribution in [-0.2, 0) is 68.7 Å². The van der Waals surface area contributed by atoms with Gasteiger partial charge in [-0.25, -0.2) is 9.59 Å². The Morgan fingerprint density at radius 1 is 0.828 bits per heavy atom. The van der Waals surface area contributed by atoms with Gasteiger partial charge in [0, 0.05) is 79.6 Å². The number of likely N-dealkylation sites (tertiary alicyclic amines) is 2. The molecule has 28 heteroatoms. The number of amides is 8. The number of ketones is 1. The number of aliphatic carboxylic acids is 1. The summed E-state index contributed by atoms with van der Waals surface area (Å²) in [6.07, 6.45) is -10.2. The molecule has 0 radical (unpaired) electrons. The molecule has 518 valence electrons. The number of aliphatic hydroxyl groups is 4. The van der Waals surface area contributed by atoms with Crippen molar-refractivity contribution >= 4 is 76.6 Å². The molecule has 0 saturated carbocycles. The number of carboxylic acids is 1. The second-order valence-electron chi connectivity index (χ2n) is 25.1. The molecule has 0 spiro atoms. The van der Waals surface area contributed by atoms with Crippen LogP contribution in [0.3, 0.4) is 0 Å². The van der Waals surface area contributed by atoms with Crippen LogP contribution in [-0.4, -0.2) is 231 Å². The number of hydrogen-bond donors (Lipinski definition) is 8. The van der Waals surface area contributed by atoms with E-state index in [0.717, 1.165) is 9.80 Å². The number of carbonyl (C=O) groups excluding carboxylic acids is 9. The van der Waals surface area contributed by atoms with Crippen molar-refractivity contribution in [2.24, 2.45) is 29.6 Å². The van der Waals surface area contributed by atoms with E-state index in [0.29, 0.717) is 31.4 Å². The summed E-state index contributed by atoms with van der Waals surface area (Å²) in [5.74, 6) is -7.66. The highest BCUT2D eigenvalue weighted by Crippen LogP contribution is 2.35. The maximum Gasteiger partial charge on any atom is 0.410 e. The zero-order chi connectivity index (χ0) is 69.3. The second-order valence-corrected chi connectivity index (χ2v) is 26.1. The van der Waals surface area contributed by atoms with Gasteiger partial charge in [-0.1, -0.05) is 98.2 Å². The molecule has 3 aliphatic rings. The third kappa shape index (κ3) is 19.9. The normalized spacial score (nSPS) is 22.8. The molecule has 8 N–H and O–H groups in total. The Morgan fingerprint density at radius 2 is 1.51 bits per heavy atom. The van der Waals surface area contributed by atoms with Gasteiger partial charge in [0.1, 0.15) is 48.5 Å². The van der Waals surface area contributed by atoms with Crippen molar-refractivity contribution in [1.82, 2.24) is 30.2 Å². The van der Waals surface area contributed by atoms with Crippen LogP contribution >= 0.6 is 11.8 Å². The summed E-state index contributed by atoms with van der Waals surface area (Å²) < 4.78 is 28.9. The maximum absolute atomic E-state index is 14.9. The standard InChI is InChI=1S/C65H97N7O20S/c1-14-36(6)53(45(88-11)31-49(76)71-27-18-21-42(71)58(89-12)38(8)43(73)29-37(7)54(78)40-19-16-15-17-20-40)69(9)62(84)51(34(2)3)68-60(82)52(35(4)5)70(10)65(87)90-33-39-22-23-44(91-64-57(81)55(79)56(80)59(92-64)63(85)86)41(30-39)67-48(75)24-26-66-47(74)25-28-72-50(77)32-46(93-13)61(72)83/h15-17,19-20,22-23,30,34-38,42,45-46,51-59,64,78-81H,14,18,21,24-29,31-33H2,1-13H3,(H,66,74)(H,67,75)(H,68,82)(H,85,86)/t36-,37-,38-,42?,45+,46?,51-,52-,53-,54+,55+,56+,57-,58+,59+,64-/m1/s1. The van der Waals surface area contributed by atoms with Crippen molar-refractivity contribution in [1.29, 1.82) is 0 Å². The van der Waals surface area contributed by atoms with E-state index < -0.39 is 144 Å². The van der Waals surface area contributed by atoms with Crippen molar-refractivity contribution in [3.05, 3.63) is 59.7 Å². The third-order valence-corrected chi connectivity index (χ3v) is 18.8. The Labute approximate surface area is 548 Å². The first-order chi connectivity index (χ1) is 43.9. The number of benzene rings is 2. The van der Waals surface area contributed by atoms with Crippen LogP contribution in [0.1, 0.15) is 124 Å². The van der Waals surface area contributed by atoms with Crippen LogP contribution in [0, 0.1) is 29.6 Å². The number of nitrogens with one attached hydrogen (secondary N) is 3. The van der Waals surface area contributed by atoms with Gasteiger partial charge < -0.3 is 75.0 Å². The molecule has 3 fully saturated rings. The Kier molecular flexibility index (Phi) is 29.5. The molecule has 2 aromatic rings. The number of nitrogens with zero attached hydrogens (tertiary/aromatic N) is 4. The number of rotatable bonds is 34. The summed E-state index contributed by atoms with van der Waals surface area (Å²) in [5.41, 5.74) is 0.795. The lowest BCUT2D eigenvalue weighted by molar-refractivity contribution is -0.271. The number of methoxy groups -OCH3 is 2. The largest absolute Gasteiger partial charge is 0.479 e. The topological polar surface area (TPSA) is 367 Å². The van der Waals surface area contributed by atoms with E-state index in [1.807, 2.05) is 51.1 Å². The number of carboxylic acid groups (broad SMARTS) is 1. The van der Waals surface area contributed by atoms with Gasteiger partial charge in [-0.3, -0.25) is 48.2 Å². The minimum absolute atomic E-state index is 0.0331. The Bertz CT molecular complexity index is 2910. The summed E-state index contributed by atoms with van der Waals surface area (Å²) in [4.78, 5) is 140. The van der Waals surface area contributed by atoms with Gasteiger partial charge in [-0.2, -0.15) is 11.8 Å². The fourth-order valence-corrected chi connectivity index (χ4v) is 12.9. The van der Waals surface area contributed by atoms with Gasteiger partial charge in [0.15, 0.2) is 6.10 Å². The molecular weight excluding hydrogens is 1230 g/mol. The van der Waals surface area contributed by atoms with Gasteiger partial charge in [0.2, 0.25) is 47.6 Å². The number of anilines is 1. The molecule has 0 aliphatic carbocycles. The lowest BCUT2D eigenvalue weighted by atomic mass is 9.85. The molecule has 27 nitrogen and oxygen atoms in total. The van der Waals surface area contributed by atoms with Gasteiger partial charge in [-0.05, 0) is 66.0 Å². The first-order valence-electron chi connectivity index (χ1n) is 31.7. The zero-order valence-corrected chi connectivity index (χ0v) is 56.4. The van der Waals surface area contributed by atoms with Crippen LogP contribution in [0.5, 0.6) is 5.75 Å². The van der Waals surface area contributed by atoms with Crippen molar-refractivity contribution in [2.75, 3.05) is 59.5 Å². The van der Waals surface area contributed by atoms with E-state index in [1.54, 1.807) is 52.8 Å². The van der Waals surface area contributed by atoms with E-state index >= 15 is 0 Å². The van der Waals surface area contributed by atoms with E-state index in [9.17, 15) is 73.5 Å². The minimum Gasteiger partial charge on any atom is -0.479 e. The van der Waals surface area contributed by atoms with Gasteiger partial charge in [0.05, 0.1) is 47.8 Å². The first kappa shape index (κ1) is 76.9. The second kappa shape index (κ2) is 35.6. The first-order valence-corrected chi connectivity index (χ1v) is 32.9. The number of ether oxygens (including phenoxy) is 5. The predicted molar refractivity (Wildman–Crippen MR) is 341 cm³/mol. The highest BCUT2D eigenvalue weighted by Gasteiger charge is 2.49. The fraction of sp³-hybridized carbons (Fsp3) is 0.662. The van der Waals surface area contributed by atoms with Gasteiger partial charge in [-0.15, -0.1) is 0 Å². The average molecular weight is 1330 g/mol. The summed E-state index contributed by atoms with van der Waals surface area (Å²) >= 11 is 1.24. The van der Waals surface area contributed by atoms with Crippen LogP contribution in [0.25, 0.3) is 0 Å². The number of carbonyl (C=O) groups is 10. The van der Waals surface area contributed by atoms with Gasteiger partial charge >= 0.3 is 12.1 Å². The lowest BCUT2D eigenvalue weighted by Crippen LogP contribution is -2.61. The molecule has 2 unspecified atom stereocenters. The summed E-state index contributed by atoms with van der Waals surface area (Å²) in [7, 11) is 5.95. The molecule has 0 bridgehead atoms. The van der Waals surface area contributed by atoms with Crippen molar-refractivity contribution in [2.45, 2.75) is 192 Å². The lowest BCUT2D eigenvalue weighted by Gasteiger charge is -2.41. The SMILES string of the molecule is CC[C@@H](C)[C@H]([C@H](CC(=O)N1CCCC1[C@@H](OC)[C@H](C)C(=O)C[C@@H](C)[C@H](O)c1ccccc1)OC)N(C)C(=O)[C@H](NC(=O)[C@@H](C(C)C)N(C)C(=O)OCc1ccc(O[C@@H]2O[C@H](C(=O)O)[C@@H](O)[C@H](O)[C@H]2O)c(NC(=O)CCNC(=O)CCN2C(=O)CC(SC)C2=O)c1)C(C)C. The Hall–Kier alpha value is -6.79. The highest BCUT2D eigenvalue weighted by atomic mass is 32.2. The molecular formula is C65H97N7O20S. The summed E-state index contributed by atoms with van der Waals surface area (Å²) in [5, 5.41) is 59.7. The zero-order valence-electron chi connectivity index (χ0n) is 55.6. The number of likely N-dealkylation sites (N-methyl/N-ethyl adjacent to an activating group) is 2. The number of hydrogen-bond acceptors (Lipinski definition) is 20. The van der Waals surface area contributed by atoms with E-state index in [2.05, 4.69) is 16.0 Å². The summed E-state index contributed by atoms with van der Waals surface area (Å²) in [6, 6.07) is 9.68. The number of thioether (sulfide) groups is 1. The monoisotopic (exact) mass is 1330 g/mol. The highest BCUT2D eigenvalue weighted by molar-refractivity contribution is 8.00. The van der Waals surface area contributed by atoms with Crippen molar-refractivity contribution in [3.8, 4) is 5.75 Å². The number of aliphatic hydroxyl groups excluding tert-OH is 4. The van der Waals surface area contributed by atoms with Crippen LogP contribution < -0.4 is 20.7 Å². The fourth-order valence-electron chi connectivity index (χ4n) is 12.2. The van der Waals surface area contributed by atoms with E-state index in [-0.39, 0.29) is 91.6 Å². The molecule has 3 heterocycles. The summed E-state index contributed by atoms with van der Waals surface area (Å²) in [6.45, 7) is 14.0. The molecule has 5 rings (SSSR count). The van der Waals surface area contributed by atoms with Crippen LogP contribution in [0.4, 0.5) is 10.5 Å². The van der Waals surface area contributed by atoms with E-state index in [1.165, 1.54) is 56.1 Å². The molecule has 0 aromatic heterocycles. The minimum atomic E-state index is -2.04. The average Bonchev–Trinajstić information content (AvgIpc) is 0.907. The Morgan fingerprint density at radius 3 is 2.10 bits per heavy atom. The van der Waals surface area contributed by atoms with Gasteiger partial charge in [0.25, 0.3) is 0 Å². The van der Waals surface area contributed by atoms with E-state index in [4.69, 9.17) is 23.7 Å². The van der Waals surface area contributed by atoms with Crippen molar-refractivity contribution in [3.63, 3.8) is 0 Å². The number of imide groups is 1. The molecule has 8 amide bonds. The molecule has 16 atom stereocenters. The Balaban J connectivity index is 1.26. The molecule has 2 aromatic carbocycles. The number of Topliss-reactive ketones (excluding diaryl/α,β-unsaturated/α-hetero) is 1. The smallest absolute Gasteiger partial charge is 0.410 e. The van der Waals surface area contributed by atoms with Crippen molar-refractivity contribution < 1.29 is 97.2 Å². The predicted octanol–water partition coefficient (Wildman–Crippen LogP) is 3.27. The molecule has 3 aliphatic heterocycles. The third-order valence-electron chi connectivity index (χ3n) is 17.9. The molecule has 3 saturated heterocycles. The maximum atomic E-state index is 14.9.